The van der Waals surface area contributed by atoms with Gasteiger partial charge in [0.2, 0.25) is 0 Å². The first kappa shape index (κ1) is 15.0. The van der Waals surface area contributed by atoms with E-state index in [1.54, 1.807) is 0 Å². The Kier molecular flexibility index (Phi) is 7.77. The van der Waals surface area contributed by atoms with E-state index in [-0.39, 0.29) is 0 Å². The van der Waals surface area contributed by atoms with Crippen molar-refractivity contribution in [3.05, 3.63) is 0 Å². The van der Waals surface area contributed by atoms with Gasteiger partial charge in [0.25, 0.3) is 0 Å². The predicted octanol–water partition coefficient (Wildman–Crippen LogP) is 5.24. The molecule has 0 N–H and O–H groups in total. The second-order valence-electron chi connectivity index (χ2n) is 4.67. The molecule has 0 saturated heterocycles. The van der Waals surface area contributed by atoms with E-state index in [1.807, 2.05) is 0 Å². The highest BCUT2D eigenvalue weighted by Crippen LogP contribution is 2.39. The molecule has 2 heteroatoms. The summed E-state index contributed by atoms with van der Waals surface area (Å²) in [5, 5.41) is 2.22. The topological polar surface area (TPSA) is 0 Å². The number of hydrogen-bond donors (Lipinski definition) is 0. The molecular formula is C12H24Br2. The fourth-order valence-corrected chi connectivity index (χ4v) is 4.52. The van der Waals surface area contributed by atoms with Crippen LogP contribution in [0.4, 0.5) is 0 Å². The smallest absolute Gasteiger partial charge is 0.00985 e. The first-order valence-electron chi connectivity index (χ1n) is 5.68. The Bertz CT molecular complexity index is 135. The Morgan fingerprint density at radius 2 is 1.43 bits per heavy atom. The minimum atomic E-state index is 0.441. The van der Waals surface area contributed by atoms with Crippen molar-refractivity contribution in [1.29, 1.82) is 0 Å². The summed E-state index contributed by atoms with van der Waals surface area (Å²) in [7, 11) is 0. The van der Waals surface area contributed by atoms with Crippen molar-refractivity contribution < 1.29 is 0 Å². The van der Waals surface area contributed by atoms with Gasteiger partial charge in [0, 0.05) is 10.7 Å². The van der Waals surface area contributed by atoms with Gasteiger partial charge in [-0.15, -0.1) is 0 Å². The van der Waals surface area contributed by atoms with Crippen LogP contribution in [-0.2, 0) is 0 Å². The molecule has 0 unspecified atom stereocenters. The third kappa shape index (κ3) is 3.84. The SMILES string of the molecule is CCC(CC)CC(CBr)(CBr)C(C)C. The summed E-state index contributed by atoms with van der Waals surface area (Å²) >= 11 is 7.38. The normalized spacial score (nSPS) is 12.9. The summed E-state index contributed by atoms with van der Waals surface area (Å²) in [6.07, 6.45) is 3.96. The van der Waals surface area contributed by atoms with Crippen molar-refractivity contribution in [2.75, 3.05) is 10.7 Å². The molecule has 0 aliphatic rings. The fraction of sp³-hybridized carbons (Fsp3) is 1.00. The van der Waals surface area contributed by atoms with Gasteiger partial charge in [-0.3, -0.25) is 0 Å². The molecule has 0 bridgehead atoms. The Balaban J connectivity index is 4.48. The van der Waals surface area contributed by atoms with E-state index in [4.69, 9.17) is 0 Å². The lowest BCUT2D eigenvalue weighted by molar-refractivity contribution is 0.197. The Morgan fingerprint density at radius 3 is 1.64 bits per heavy atom. The van der Waals surface area contributed by atoms with E-state index in [0.717, 1.165) is 22.5 Å². The molecule has 0 atom stereocenters. The molecule has 0 aliphatic carbocycles. The summed E-state index contributed by atoms with van der Waals surface area (Å²) in [5.41, 5.74) is 0.441. The van der Waals surface area contributed by atoms with Gasteiger partial charge in [0.1, 0.15) is 0 Å². The van der Waals surface area contributed by atoms with Crippen molar-refractivity contribution in [2.24, 2.45) is 17.3 Å². The number of rotatable bonds is 7. The highest BCUT2D eigenvalue weighted by molar-refractivity contribution is 9.09. The quantitative estimate of drug-likeness (QED) is 0.560. The zero-order valence-electron chi connectivity index (χ0n) is 9.95. The molecule has 0 amide bonds. The average Bonchev–Trinajstić information content (AvgIpc) is 2.20. The predicted molar refractivity (Wildman–Crippen MR) is 73.5 cm³/mol. The van der Waals surface area contributed by atoms with Crippen LogP contribution in [0.3, 0.4) is 0 Å². The van der Waals surface area contributed by atoms with Crippen LogP contribution in [0.15, 0.2) is 0 Å². The lowest BCUT2D eigenvalue weighted by atomic mass is 9.73. The third-order valence-corrected chi connectivity index (χ3v) is 5.84. The van der Waals surface area contributed by atoms with Crippen molar-refractivity contribution in [3.63, 3.8) is 0 Å². The first-order valence-corrected chi connectivity index (χ1v) is 7.92. The zero-order chi connectivity index (χ0) is 11.2. The second kappa shape index (κ2) is 7.27. The monoisotopic (exact) mass is 326 g/mol. The Morgan fingerprint density at radius 1 is 1.00 bits per heavy atom. The molecule has 0 aliphatic heterocycles. The zero-order valence-corrected chi connectivity index (χ0v) is 13.1. The second-order valence-corrected chi connectivity index (χ2v) is 5.79. The molecule has 0 aromatic heterocycles. The van der Waals surface area contributed by atoms with E-state index in [0.29, 0.717) is 5.41 Å². The highest BCUT2D eigenvalue weighted by atomic mass is 79.9. The standard InChI is InChI=1S/C12H24Br2/c1-5-11(6-2)7-12(8-13,9-14)10(3)4/h10-11H,5-9H2,1-4H3. The highest BCUT2D eigenvalue weighted by Gasteiger charge is 2.33. The van der Waals surface area contributed by atoms with Gasteiger partial charge in [0.15, 0.2) is 0 Å². The van der Waals surface area contributed by atoms with Gasteiger partial charge < -0.3 is 0 Å². The van der Waals surface area contributed by atoms with Gasteiger partial charge in [0.05, 0.1) is 0 Å². The molecule has 0 spiro atoms. The number of halogens is 2. The van der Waals surface area contributed by atoms with Crippen LogP contribution in [-0.4, -0.2) is 10.7 Å². The molecule has 0 rings (SSSR count). The molecule has 14 heavy (non-hydrogen) atoms. The van der Waals surface area contributed by atoms with Gasteiger partial charge in [-0.2, -0.15) is 0 Å². The Hall–Kier alpha value is 0.960. The van der Waals surface area contributed by atoms with Crippen LogP contribution < -0.4 is 0 Å². The molecular weight excluding hydrogens is 304 g/mol. The summed E-state index contributed by atoms with van der Waals surface area (Å²) in [5.74, 6) is 1.62. The maximum atomic E-state index is 3.69. The molecule has 0 radical (unpaired) electrons. The number of alkyl halides is 2. The molecule has 86 valence electrons. The van der Waals surface area contributed by atoms with E-state index in [9.17, 15) is 0 Å². The van der Waals surface area contributed by atoms with Crippen LogP contribution in [0.1, 0.15) is 47.0 Å². The van der Waals surface area contributed by atoms with Gasteiger partial charge in [-0.1, -0.05) is 72.4 Å². The van der Waals surface area contributed by atoms with Crippen LogP contribution in [0, 0.1) is 17.3 Å². The molecule has 0 aromatic carbocycles. The molecule has 0 nitrogen and oxygen atoms in total. The molecule has 0 aromatic rings. The third-order valence-electron chi connectivity index (χ3n) is 3.61. The summed E-state index contributed by atoms with van der Waals surface area (Å²) in [6.45, 7) is 9.29. The van der Waals surface area contributed by atoms with E-state index >= 15 is 0 Å². The maximum Gasteiger partial charge on any atom is 0.00985 e. The van der Waals surface area contributed by atoms with Gasteiger partial charge in [-0.05, 0) is 23.7 Å². The van der Waals surface area contributed by atoms with Gasteiger partial charge >= 0.3 is 0 Å². The minimum absolute atomic E-state index is 0.441. The van der Waals surface area contributed by atoms with Crippen molar-refractivity contribution in [2.45, 2.75) is 47.0 Å². The van der Waals surface area contributed by atoms with E-state index in [2.05, 4.69) is 59.6 Å². The van der Waals surface area contributed by atoms with Gasteiger partial charge in [-0.25, -0.2) is 0 Å². The lowest BCUT2D eigenvalue weighted by Gasteiger charge is -2.37. The van der Waals surface area contributed by atoms with Crippen LogP contribution in [0.5, 0.6) is 0 Å². The molecule has 0 heterocycles. The lowest BCUT2D eigenvalue weighted by Crippen LogP contribution is -2.33. The van der Waals surface area contributed by atoms with Crippen LogP contribution in [0.25, 0.3) is 0 Å². The Labute approximate surface area is 106 Å². The maximum absolute atomic E-state index is 3.69. The van der Waals surface area contributed by atoms with Crippen LogP contribution >= 0.6 is 31.9 Å². The first-order chi connectivity index (χ1) is 6.56. The molecule has 0 saturated carbocycles. The molecule has 0 fully saturated rings. The van der Waals surface area contributed by atoms with Crippen molar-refractivity contribution in [3.8, 4) is 0 Å². The fourth-order valence-electron chi connectivity index (χ4n) is 1.84. The average molecular weight is 328 g/mol. The summed E-state index contributed by atoms with van der Waals surface area (Å²) < 4.78 is 0. The summed E-state index contributed by atoms with van der Waals surface area (Å²) in [6, 6.07) is 0. The van der Waals surface area contributed by atoms with Crippen LogP contribution in [0.2, 0.25) is 0 Å². The van der Waals surface area contributed by atoms with Crippen molar-refractivity contribution in [1.82, 2.24) is 0 Å². The number of hydrogen-bond acceptors (Lipinski definition) is 0. The largest absolute Gasteiger partial charge is 0.0922 e. The van der Waals surface area contributed by atoms with Crippen molar-refractivity contribution >= 4 is 31.9 Å². The minimum Gasteiger partial charge on any atom is -0.0922 e. The summed E-state index contributed by atoms with van der Waals surface area (Å²) in [4.78, 5) is 0. The van der Waals surface area contributed by atoms with E-state index < -0.39 is 0 Å². The van der Waals surface area contributed by atoms with E-state index in [1.165, 1.54) is 19.3 Å².